The average molecular weight is 318 g/mol. The Hall–Kier alpha value is -0.430. The molecule has 0 aromatic carbocycles. The minimum atomic E-state index is -4.44. The van der Waals surface area contributed by atoms with Gasteiger partial charge in [0.15, 0.2) is 0 Å². The third-order valence-corrected chi connectivity index (χ3v) is 4.26. The van der Waals surface area contributed by atoms with Gasteiger partial charge in [0.1, 0.15) is 10.1 Å². The molecule has 21 heavy (non-hydrogen) atoms. The summed E-state index contributed by atoms with van der Waals surface area (Å²) in [5, 5.41) is 0. The molecule has 2 aliphatic carbocycles. The molecule has 0 aromatic heterocycles. The Morgan fingerprint density at radius 2 is 1.76 bits per heavy atom. The molecule has 0 radical (unpaired) electrons. The van der Waals surface area contributed by atoms with Crippen molar-refractivity contribution >= 4 is 10.1 Å². The van der Waals surface area contributed by atoms with Crippen molar-refractivity contribution in [2.75, 3.05) is 0 Å². The van der Waals surface area contributed by atoms with Gasteiger partial charge in [-0.25, -0.2) is 8.42 Å². The van der Waals surface area contributed by atoms with Crippen LogP contribution in [-0.2, 0) is 16.5 Å². The molecule has 0 aliphatic heterocycles. The quantitative estimate of drug-likeness (QED) is 0.568. The molecule has 110 valence electrons. The zero-order chi connectivity index (χ0) is 14.2. The molecule has 2 aliphatic rings. The van der Waals surface area contributed by atoms with Crippen LogP contribution in [0.4, 0.5) is 0 Å². The van der Waals surface area contributed by atoms with Crippen LogP contribution in [-0.4, -0.2) is 18.4 Å². The van der Waals surface area contributed by atoms with E-state index in [0.717, 1.165) is 16.7 Å². The predicted octanol–water partition coefficient (Wildman–Crippen LogP) is -0.439. The van der Waals surface area contributed by atoms with E-state index in [1.165, 1.54) is 6.07 Å². The zero-order valence-electron chi connectivity index (χ0n) is 12.8. The fourth-order valence-corrected chi connectivity index (χ4v) is 3.02. The largest absolute Gasteiger partial charge is 1.00 e. The van der Waals surface area contributed by atoms with Crippen LogP contribution in [0.2, 0.25) is 0 Å². The molecule has 0 unspecified atom stereocenters. The van der Waals surface area contributed by atoms with Gasteiger partial charge in [0, 0.05) is 0 Å². The first-order valence-electron chi connectivity index (χ1n) is 6.36. The Balaban J connectivity index is 0.00000200. The Morgan fingerprint density at radius 3 is 2.24 bits per heavy atom. The smallest absolute Gasteiger partial charge is 0.744 e. The van der Waals surface area contributed by atoms with Crippen LogP contribution in [0.5, 0.6) is 0 Å². The van der Waals surface area contributed by atoms with Crippen LogP contribution in [0, 0.1) is 0 Å². The van der Waals surface area contributed by atoms with E-state index in [-0.39, 0.29) is 45.8 Å². The second-order valence-electron chi connectivity index (χ2n) is 4.99. The first-order valence-corrected chi connectivity index (χ1v) is 7.77. The number of hydrogen-bond donors (Lipinski definition) is 0. The van der Waals surface area contributed by atoms with Crippen molar-refractivity contribution in [3.05, 3.63) is 41.5 Å². The normalized spacial score (nSPS) is 11.1. The van der Waals surface area contributed by atoms with E-state index in [4.69, 9.17) is 0 Å². The molecule has 0 atom stereocenters. The maximum atomic E-state index is 11.4. The maximum absolute atomic E-state index is 11.4. The third kappa shape index (κ3) is 4.28. The molecule has 0 spiro atoms. The van der Waals surface area contributed by atoms with Crippen LogP contribution in [0.15, 0.2) is 35.2 Å². The van der Waals surface area contributed by atoms with Crippen LogP contribution in [0.3, 0.4) is 0 Å². The summed E-state index contributed by atoms with van der Waals surface area (Å²) in [7, 11) is -4.44. The molecule has 4 nitrogen and oxygen atoms in total. The van der Waals surface area contributed by atoms with Crippen molar-refractivity contribution in [3.8, 4) is 11.1 Å². The summed E-state index contributed by atoms with van der Waals surface area (Å²) >= 11 is 0. The molecule has 2 N–H and O–H groups in total. The summed E-state index contributed by atoms with van der Waals surface area (Å²) in [5.74, 6) is 0.276. The van der Waals surface area contributed by atoms with E-state index < -0.39 is 10.1 Å². The van der Waals surface area contributed by atoms with Crippen LogP contribution < -0.4 is 29.6 Å². The van der Waals surface area contributed by atoms with E-state index >= 15 is 0 Å². The first-order chi connectivity index (χ1) is 8.84. The zero-order valence-corrected chi connectivity index (χ0v) is 15.6. The summed E-state index contributed by atoms with van der Waals surface area (Å²) in [6.07, 6.45) is 0.701. The van der Waals surface area contributed by atoms with Gasteiger partial charge in [-0.05, 0) is 46.7 Å². The van der Waals surface area contributed by atoms with Gasteiger partial charge in [-0.15, -0.1) is 0 Å². The summed E-state index contributed by atoms with van der Waals surface area (Å²) in [6.45, 7) is 6.03. The predicted molar refractivity (Wildman–Crippen MR) is 78.1 cm³/mol. The number of rotatable bonds is 3. The molecule has 0 fully saturated rings. The Kier molecular flexibility index (Phi) is 7.56. The van der Waals surface area contributed by atoms with E-state index in [1.54, 1.807) is 0 Å². The van der Waals surface area contributed by atoms with E-state index in [1.807, 2.05) is 45.0 Å². The van der Waals surface area contributed by atoms with Gasteiger partial charge in [-0.3, -0.25) is 0 Å². The molecule has 0 aromatic rings. The summed E-state index contributed by atoms with van der Waals surface area (Å²) < 4.78 is 34.2. The molecule has 0 bridgehead atoms. The third-order valence-electron chi connectivity index (χ3n) is 3.39. The SMILES string of the molecule is CCc1cc(S(=O)(=O)[O-])c2cc(C(C)C)cccc1-2.O.[Na+]. The van der Waals surface area contributed by atoms with Crippen molar-refractivity contribution in [3.63, 3.8) is 0 Å². The van der Waals surface area contributed by atoms with E-state index in [9.17, 15) is 13.0 Å². The molecule has 0 amide bonds. The minimum Gasteiger partial charge on any atom is -0.744 e. The summed E-state index contributed by atoms with van der Waals surface area (Å²) in [4.78, 5) is -0.0996. The molecule has 0 heterocycles. The van der Waals surface area contributed by atoms with Gasteiger partial charge in [0.25, 0.3) is 0 Å². The second kappa shape index (κ2) is 7.72. The number of aryl methyl sites for hydroxylation is 1. The van der Waals surface area contributed by atoms with Gasteiger partial charge in [0.2, 0.25) is 0 Å². The second-order valence-corrected chi connectivity index (χ2v) is 6.34. The van der Waals surface area contributed by atoms with Crippen molar-refractivity contribution in [1.29, 1.82) is 0 Å². The van der Waals surface area contributed by atoms with E-state index in [2.05, 4.69) is 0 Å². The van der Waals surface area contributed by atoms with Gasteiger partial charge in [-0.2, -0.15) is 0 Å². The van der Waals surface area contributed by atoms with Gasteiger partial charge in [0.05, 0.1) is 4.90 Å². The summed E-state index contributed by atoms with van der Waals surface area (Å²) in [6, 6.07) is 9.10. The molecule has 2 rings (SSSR count). The molecular formula is C15H19NaO4S. The van der Waals surface area contributed by atoms with Gasteiger partial charge < -0.3 is 10.0 Å². The average Bonchev–Trinajstić information content (AvgIpc) is 2.52. The van der Waals surface area contributed by atoms with Crippen molar-refractivity contribution in [1.82, 2.24) is 0 Å². The topological polar surface area (TPSA) is 88.7 Å². The van der Waals surface area contributed by atoms with Crippen LogP contribution >= 0.6 is 0 Å². The van der Waals surface area contributed by atoms with Crippen molar-refractivity contribution < 1.29 is 48.0 Å². The fourth-order valence-electron chi connectivity index (χ4n) is 2.29. The fraction of sp³-hybridized carbons (Fsp3) is 0.333. The van der Waals surface area contributed by atoms with Crippen molar-refractivity contribution in [2.45, 2.75) is 38.0 Å². The van der Waals surface area contributed by atoms with Crippen molar-refractivity contribution in [2.24, 2.45) is 0 Å². The minimum absolute atomic E-state index is 0. The van der Waals surface area contributed by atoms with Crippen LogP contribution in [0.25, 0.3) is 11.1 Å². The maximum Gasteiger partial charge on any atom is 1.00 e. The first kappa shape index (κ1) is 20.6. The monoisotopic (exact) mass is 318 g/mol. The van der Waals surface area contributed by atoms with Gasteiger partial charge in [-0.1, -0.05) is 39.0 Å². The molecule has 6 heteroatoms. The molecular weight excluding hydrogens is 299 g/mol. The Labute approximate surface area is 148 Å². The van der Waals surface area contributed by atoms with Crippen LogP contribution in [0.1, 0.15) is 37.8 Å². The van der Waals surface area contributed by atoms with E-state index in [0.29, 0.717) is 12.0 Å². The molecule has 0 saturated heterocycles. The summed E-state index contributed by atoms with van der Waals surface area (Å²) in [5.41, 5.74) is 3.31. The Bertz CT molecular complexity index is 680. The number of hydrogen-bond acceptors (Lipinski definition) is 3. The van der Waals surface area contributed by atoms with Gasteiger partial charge >= 0.3 is 29.6 Å². The Morgan fingerprint density at radius 1 is 1.14 bits per heavy atom. The number of fused-ring (bicyclic) bond motifs is 1. The standard InChI is InChI=1S/C15H18O3S.Na.H2O/c1-4-11-9-15(19(16,17)18)14-8-12(10(2)3)6-5-7-13(11)14;;/h5-10H,4H2,1-3H3,(H,16,17,18);;1H2/q;+1;/p-1. The molecule has 0 saturated carbocycles.